The molecular weight excluding hydrogens is 432 g/mol. The lowest BCUT2D eigenvalue weighted by Crippen LogP contribution is -2.17. The standard InChI is InChI=1S/C24H19F6NO/c25-23(26,27)18-11-9-17(10-12-18)20(22-21(24(28,29)30)7-4-14-31-22)15-19(32)13-8-16-5-2-1-3-6-16/h1-7,9-12,14,20H,8,13,15H2/t20-/m0/s1. The van der Waals surface area contributed by atoms with Crippen molar-refractivity contribution in [2.24, 2.45) is 0 Å². The number of rotatable bonds is 7. The summed E-state index contributed by atoms with van der Waals surface area (Å²) in [4.78, 5) is 16.5. The molecule has 0 aliphatic rings. The van der Waals surface area contributed by atoms with Crippen molar-refractivity contribution in [1.82, 2.24) is 4.98 Å². The number of alkyl halides is 6. The van der Waals surface area contributed by atoms with Gasteiger partial charge in [0.25, 0.3) is 0 Å². The number of Topliss-reactive ketones (excluding diaryl/α,β-unsaturated/α-hetero) is 1. The molecule has 32 heavy (non-hydrogen) atoms. The van der Waals surface area contributed by atoms with Gasteiger partial charge in [0.1, 0.15) is 5.78 Å². The molecule has 3 rings (SSSR count). The van der Waals surface area contributed by atoms with Gasteiger partial charge in [-0.1, -0.05) is 42.5 Å². The number of halogens is 6. The molecule has 0 radical (unpaired) electrons. The van der Waals surface area contributed by atoms with Crippen LogP contribution in [-0.2, 0) is 23.6 Å². The number of carbonyl (C=O) groups is 1. The zero-order valence-corrected chi connectivity index (χ0v) is 16.8. The number of ketones is 1. The van der Waals surface area contributed by atoms with E-state index in [0.717, 1.165) is 42.0 Å². The van der Waals surface area contributed by atoms with E-state index in [2.05, 4.69) is 4.98 Å². The van der Waals surface area contributed by atoms with Crippen LogP contribution in [0.1, 0.15) is 46.7 Å². The first-order valence-corrected chi connectivity index (χ1v) is 9.80. The molecule has 1 aromatic heterocycles. The predicted molar refractivity (Wildman–Crippen MR) is 107 cm³/mol. The summed E-state index contributed by atoms with van der Waals surface area (Å²) >= 11 is 0. The molecule has 0 aliphatic carbocycles. The van der Waals surface area contributed by atoms with Crippen molar-refractivity contribution in [3.8, 4) is 0 Å². The van der Waals surface area contributed by atoms with Gasteiger partial charge in [-0.25, -0.2) is 0 Å². The number of aryl methyl sites for hydroxylation is 1. The van der Waals surface area contributed by atoms with Crippen LogP contribution in [0.3, 0.4) is 0 Å². The molecule has 1 heterocycles. The third-order valence-corrected chi connectivity index (χ3v) is 5.08. The van der Waals surface area contributed by atoms with E-state index < -0.39 is 29.4 Å². The molecule has 2 nitrogen and oxygen atoms in total. The summed E-state index contributed by atoms with van der Waals surface area (Å²) in [6, 6.07) is 14.9. The highest BCUT2D eigenvalue weighted by molar-refractivity contribution is 5.80. The van der Waals surface area contributed by atoms with Crippen molar-refractivity contribution in [3.05, 3.63) is 101 Å². The Bertz CT molecular complexity index is 1040. The molecular formula is C24H19F6NO. The lowest BCUT2D eigenvalue weighted by molar-refractivity contribution is -0.139. The third-order valence-electron chi connectivity index (χ3n) is 5.08. The Morgan fingerprint density at radius 3 is 2.06 bits per heavy atom. The van der Waals surface area contributed by atoms with Gasteiger partial charge in [-0.2, -0.15) is 26.3 Å². The summed E-state index contributed by atoms with van der Waals surface area (Å²) in [5.41, 5.74) is -1.25. The van der Waals surface area contributed by atoms with Crippen molar-refractivity contribution in [1.29, 1.82) is 0 Å². The van der Waals surface area contributed by atoms with Crippen molar-refractivity contribution >= 4 is 5.78 Å². The Hall–Kier alpha value is -3.16. The largest absolute Gasteiger partial charge is 0.418 e. The van der Waals surface area contributed by atoms with E-state index >= 15 is 0 Å². The maximum absolute atomic E-state index is 13.6. The number of benzene rings is 2. The minimum absolute atomic E-state index is 0.0926. The van der Waals surface area contributed by atoms with E-state index in [4.69, 9.17) is 0 Å². The molecule has 3 aromatic rings. The Kier molecular flexibility index (Phi) is 7.01. The first-order chi connectivity index (χ1) is 15.1. The number of aromatic nitrogens is 1. The summed E-state index contributed by atoms with van der Waals surface area (Å²) in [5, 5.41) is 0. The molecule has 0 spiro atoms. The van der Waals surface area contributed by atoms with Crippen LogP contribution >= 0.6 is 0 Å². The van der Waals surface area contributed by atoms with Crippen LogP contribution in [0, 0.1) is 0 Å². The SMILES string of the molecule is O=C(CCc1ccccc1)C[C@@H](c1ccc(C(F)(F)F)cc1)c1ncccc1C(F)(F)F. The van der Waals surface area contributed by atoms with Crippen LogP contribution in [0.2, 0.25) is 0 Å². The van der Waals surface area contributed by atoms with Crippen LogP contribution in [0.25, 0.3) is 0 Å². The first kappa shape index (κ1) is 23.5. The summed E-state index contributed by atoms with van der Waals surface area (Å²) in [6.45, 7) is 0. The quantitative estimate of drug-likeness (QED) is 0.368. The normalized spacial score (nSPS) is 13.1. The van der Waals surface area contributed by atoms with E-state index in [0.29, 0.717) is 6.42 Å². The van der Waals surface area contributed by atoms with Gasteiger partial charge < -0.3 is 0 Å². The first-order valence-electron chi connectivity index (χ1n) is 9.80. The molecule has 0 saturated carbocycles. The number of hydrogen-bond acceptors (Lipinski definition) is 2. The van der Waals surface area contributed by atoms with Crippen molar-refractivity contribution in [2.75, 3.05) is 0 Å². The maximum atomic E-state index is 13.6. The number of nitrogens with zero attached hydrogens (tertiary/aromatic N) is 1. The topological polar surface area (TPSA) is 30.0 Å². The summed E-state index contributed by atoms with van der Waals surface area (Å²) in [5.74, 6) is -1.43. The minimum atomic E-state index is -4.72. The lowest BCUT2D eigenvalue weighted by atomic mass is 9.86. The molecule has 8 heteroatoms. The highest BCUT2D eigenvalue weighted by Crippen LogP contribution is 2.39. The third kappa shape index (κ3) is 5.96. The number of hydrogen-bond donors (Lipinski definition) is 0. The summed E-state index contributed by atoms with van der Waals surface area (Å²) < 4.78 is 79.5. The fourth-order valence-electron chi connectivity index (χ4n) is 3.47. The molecule has 0 saturated heterocycles. The maximum Gasteiger partial charge on any atom is 0.418 e. The molecule has 0 unspecified atom stereocenters. The lowest BCUT2D eigenvalue weighted by Gasteiger charge is -2.21. The zero-order chi connectivity index (χ0) is 23.4. The van der Waals surface area contributed by atoms with E-state index in [1.807, 2.05) is 30.3 Å². The molecule has 1 atom stereocenters. The zero-order valence-electron chi connectivity index (χ0n) is 16.8. The predicted octanol–water partition coefficient (Wildman–Crippen LogP) is 6.84. The Labute approximate surface area is 180 Å². The van der Waals surface area contributed by atoms with Gasteiger partial charge in [-0.3, -0.25) is 9.78 Å². The average Bonchev–Trinajstić information content (AvgIpc) is 2.76. The van der Waals surface area contributed by atoms with Gasteiger partial charge in [-0.05, 0) is 41.8 Å². The summed E-state index contributed by atoms with van der Waals surface area (Å²) in [7, 11) is 0. The van der Waals surface area contributed by atoms with Gasteiger partial charge in [0, 0.05) is 25.0 Å². The second kappa shape index (κ2) is 9.54. The summed E-state index contributed by atoms with van der Waals surface area (Å²) in [6.07, 6.45) is -7.93. The second-order valence-corrected chi connectivity index (χ2v) is 7.33. The fourth-order valence-corrected chi connectivity index (χ4v) is 3.47. The molecule has 0 N–H and O–H groups in total. The monoisotopic (exact) mass is 451 g/mol. The van der Waals surface area contributed by atoms with E-state index in [9.17, 15) is 31.1 Å². The van der Waals surface area contributed by atoms with E-state index in [1.54, 1.807) is 0 Å². The molecule has 2 aromatic carbocycles. The van der Waals surface area contributed by atoms with Gasteiger partial charge in [-0.15, -0.1) is 0 Å². The van der Waals surface area contributed by atoms with Gasteiger partial charge in [0.15, 0.2) is 0 Å². The van der Waals surface area contributed by atoms with Crippen molar-refractivity contribution in [3.63, 3.8) is 0 Å². The molecule has 0 aliphatic heterocycles. The van der Waals surface area contributed by atoms with Gasteiger partial charge >= 0.3 is 12.4 Å². The van der Waals surface area contributed by atoms with Crippen molar-refractivity contribution in [2.45, 2.75) is 37.5 Å². The van der Waals surface area contributed by atoms with Crippen LogP contribution in [-0.4, -0.2) is 10.8 Å². The highest BCUT2D eigenvalue weighted by atomic mass is 19.4. The Balaban J connectivity index is 1.92. The van der Waals surface area contributed by atoms with Crippen LogP contribution in [0.5, 0.6) is 0 Å². The smallest absolute Gasteiger partial charge is 0.300 e. The van der Waals surface area contributed by atoms with E-state index in [1.165, 1.54) is 6.20 Å². The van der Waals surface area contributed by atoms with Gasteiger partial charge in [0.2, 0.25) is 0 Å². The average molecular weight is 451 g/mol. The van der Waals surface area contributed by atoms with Crippen molar-refractivity contribution < 1.29 is 31.1 Å². The molecule has 0 bridgehead atoms. The van der Waals surface area contributed by atoms with Crippen LogP contribution < -0.4 is 0 Å². The van der Waals surface area contributed by atoms with Gasteiger partial charge in [0.05, 0.1) is 16.8 Å². The fraction of sp³-hybridized carbons (Fsp3) is 0.250. The molecule has 168 valence electrons. The Morgan fingerprint density at radius 2 is 1.47 bits per heavy atom. The number of carbonyl (C=O) groups excluding carboxylic acids is 1. The minimum Gasteiger partial charge on any atom is -0.300 e. The Morgan fingerprint density at radius 1 is 0.812 bits per heavy atom. The van der Waals surface area contributed by atoms with Crippen LogP contribution in [0.15, 0.2) is 72.9 Å². The molecule has 0 fully saturated rings. The molecule has 0 amide bonds. The van der Waals surface area contributed by atoms with E-state index in [-0.39, 0.29) is 29.9 Å². The highest BCUT2D eigenvalue weighted by Gasteiger charge is 2.37. The van der Waals surface area contributed by atoms with Crippen LogP contribution in [0.4, 0.5) is 26.3 Å². The number of pyridine rings is 1. The second-order valence-electron chi connectivity index (χ2n) is 7.33.